The average Bonchev–Trinajstić information content (AvgIpc) is 2.95. The van der Waals surface area contributed by atoms with Gasteiger partial charge in [-0.2, -0.15) is 13.2 Å². The van der Waals surface area contributed by atoms with Gasteiger partial charge in [-0.15, -0.1) is 0 Å². The van der Waals surface area contributed by atoms with Gasteiger partial charge >= 0.3 is 42.1 Å². The van der Waals surface area contributed by atoms with E-state index in [1.165, 1.54) is 7.05 Å². The van der Waals surface area contributed by atoms with Gasteiger partial charge in [0, 0.05) is 46.7 Å². The van der Waals surface area contributed by atoms with Crippen LogP contribution in [0.1, 0.15) is 19.3 Å². The van der Waals surface area contributed by atoms with Gasteiger partial charge in [0.1, 0.15) is 6.42 Å². The molecule has 2 rings (SSSR count). The molecule has 1 aliphatic rings. The molecule has 0 saturated carbocycles. The summed E-state index contributed by atoms with van der Waals surface area (Å²) >= 11 is 0. The van der Waals surface area contributed by atoms with Crippen LogP contribution in [0.2, 0.25) is 69.5 Å². The number of anilines is 1. The molecule has 0 bridgehead atoms. The first-order chi connectivity index (χ1) is 20.8. The Morgan fingerprint density at radius 3 is 2.22 bits per heavy atom. The molecule has 1 aromatic rings. The van der Waals surface area contributed by atoms with Crippen molar-refractivity contribution in [1.29, 1.82) is 0 Å². The third kappa shape index (κ3) is 13.1. The van der Waals surface area contributed by atoms with E-state index in [1.807, 2.05) is 31.3 Å². The fourth-order valence-corrected chi connectivity index (χ4v) is 26.9. The monoisotopic (exact) mass is 743 g/mol. The van der Waals surface area contributed by atoms with Crippen LogP contribution in [0.5, 0.6) is 0 Å². The van der Waals surface area contributed by atoms with Crippen molar-refractivity contribution in [3.8, 4) is 0 Å². The van der Waals surface area contributed by atoms with Crippen molar-refractivity contribution in [2.24, 2.45) is 0 Å². The molecule has 9 nitrogen and oxygen atoms in total. The molecule has 0 aromatic heterocycles. The highest BCUT2D eigenvalue weighted by Crippen LogP contribution is 2.31. The molecule has 2 radical (unpaired) electrons. The smallest absolute Gasteiger partial charge is 0.435 e. The molecule has 2 atom stereocenters. The normalized spacial score (nSPS) is 23.8. The zero-order valence-electron chi connectivity index (χ0n) is 28.5. The van der Waals surface area contributed by atoms with E-state index in [-0.39, 0.29) is 0 Å². The van der Waals surface area contributed by atoms with Crippen LogP contribution in [0, 0.1) is 0 Å². The van der Waals surface area contributed by atoms with Crippen LogP contribution in [-0.4, -0.2) is 99.4 Å². The predicted octanol–water partition coefficient (Wildman–Crippen LogP) is 6.14. The van der Waals surface area contributed by atoms with E-state index in [0.717, 1.165) is 41.1 Å². The van der Waals surface area contributed by atoms with Crippen LogP contribution in [0.4, 0.5) is 18.9 Å². The van der Waals surface area contributed by atoms with Crippen LogP contribution in [0.15, 0.2) is 24.3 Å². The van der Waals surface area contributed by atoms with Gasteiger partial charge in [0.05, 0.1) is 8.07 Å². The lowest BCUT2D eigenvalue weighted by Gasteiger charge is -2.36. The second-order valence-corrected chi connectivity index (χ2v) is 32.0. The van der Waals surface area contributed by atoms with Crippen molar-refractivity contribution in [3.63, 3.8) is 0 Å². The highest BCUT2D eigenvalue weighted by molar-refractivity contribution is 6.91. The second kappa shape index (κ2) is 17.2. The Hall–Kier alpha value is -0.499. The summed E-state index contributed by atoms with van der Waals surface area (Å²) in [7, 11) is -6.58. The van der Waals surface area contributed by atoms with E-state index in [1.54, 1.807) is 27.4 Å². The molecule has 1 fully saturated rings. The van der Waals surface area contributed by atoms with Crippen molar-refractivity contribution in [3.05, 3.63) is 24.3 Å². The van der Waals surface area contributed by atoms with Crippen molar-refractivity contribution in [2.75, 3.05) is 39.9 Å². The summed E-state index contributed by atoms with van der Waals surface area (Å²) in [5.74, 6) is -0.971. The second-order valence-electron chi connectivity index (χ2n) is 12.7. The van der Waals surface area contributed by atoms with Crippen molar-refractivity contribution >= 4 is 69.1 Å². The van der Waals surface area contributed by atoms with E-state index in [0.29, 0.717) is 24.4 Å². The Kier molecular flexibility index (Phi) is 15.6. The number of amides is 1. The molecular formula is C27H52F3NO8Si6. The van der Waals surface area contributed by atoms with Gasteiger partial charge in [0.2, 0.25) is 5.91 Å². The topological polar surface area (TPSA) is 84.9 Å². The molecule has 1 aromatic carbocycles. The minimum absolute atomic E-state index is 0.480. The number of carbonyl (C=O) groups excluding carboxylic acids is 1. The van der Waals surface area contributed by atoms with Crippen molar-refractivity contribution in [1.82, 2.24) is 0 Å². The molecule has 0 N–H and O–H groups in total. The van der Waals surface area contributed by atoms with Crippen molar-refractivity contribution < 1.29 is 48.0 Å². The minimum atomic E-state index is -4.54. The van der Waals surface area contributed by atoms with E-state index in [9.17, 15) is 18.0 Å². The number of nitrogens with zero attached hydrogens (tertiary/aromatic N) is 1. The number of carbonyl (C=O) groups is 1. The maximum absolute atomic E-state index is 12.8. The highest BCUT2D eigenvalue weighted by atomic mass is 28.5. The summed E-state index contributed by atoms with van der Waals surface area (Å²) in [6.07, 6.45) is -4.14. The summed E-state index contributed by atoms with van der Waals surface area (Å²) in [6.45, 7) is 13.5. The van der Waals surface area contributed by atoms with Gasteiger partial charge in [-0.05, 0) is 62.9 Å². The summed E-state index contributed by atoms with van der Waals surface area (Å²) in [6, 6.07) is 11.6. The van der Waals surface area contributed by atoms with E-state index in [4.69, 9.17) is 30.0 Å². The summed E-state index contributed by atoms with van der Waals surface area (Å²) in [5.41, 5.74) is 0.480. The number of rotatable bonds is 12. The quantitative estimate of drug-likeness (QED) is 0.237. The zero-order valence-corrected chi connectivity index (χ0v) is 34.5. The first-order valence-electron chi connectivity index (χ1n) is 15.3. The maximum atomic E-state index is 12.8. The molecule has 1 saturated heterocycles. The first kappa shape index (κ1) is 40.7. The average molecular weight is 744 g/mol. The molecule has 1 aliphatic heterocycles. The summed E-state index contributed by atoms with van der Waals surface area (Å²) < 4.78 is 81.6. The fourth-order valence-electron chi connectivity index (χ4n) is 5.39. The number of benzene rings is 1. The lowest BCUT2D eigenvalue weighted by molar-refractivity contribution is -0.151. The Morgan fingerprint density at radius 1 is 1.00 bits per heavy atom. The fraction of sp³-hybridized carbons (Fsp3) is 0.741. The number of hydrogen-bond donors (Lipinski definition) is 0. The Labute approximate surface area is 275 Å². The predicted molar refractivity (Wildman–Crippen MR) is 183 cm³/mol. The Balaban J connectivity index is 2.10. The molecule has 45 heavy (non-hydrogen) atoms. The molecule has 1 amide bonds. The molecule has 258 valence electrons. The number of halogens is 3. The molecular weight excluding hydrogens is 692 g/mol. The van der Waals surface area contributed by atoms with Gasteiger partial charge in [0.25, 0.3) is 0 Å². The minimum Gasteiger partial charge on any atom is -0.435 e. The maximum Gasteiger partial charge on any atom is 0.500 e. The summed E-state index contributed by atoms with van der Waals surface area (Å²) in [4.78, 5) is 13.3. The van der Waals surface area contributed by atoms with E-state index >= 15 is 0 Å². The van der Waals surface area contributed by atoms with Crippen LogP contribution < -0.4 is 10.1 Å². The third-order valence-corrected chi connectivity index (χ3v) is 28.5. The molecule has 2 unspecified atom stereocenters. The van der Waals surface area contributed by atoms with Gasteiger partial charge in [-0.1, -0.05) is 42.9 Å². The number of hydrogen-bond acceptors (Lipinski definition) is 8. The van der Waals surface area contributed by atoms with Crippen molar-refractivity contribution in [2.45, 2.75) is 94.9 Å². The van der Waals surface area contributed by atoms with Crippen LogP contribution in [0.25, 0.3) is 0 Å². The van der Waals surface area contributed by atoms with E-state index < -0.39 is 70.8 Å². The molecule has 0 aliphatic carbocycles. The van der Waals surface area contributed by atoms with Crippen LogP contribution in [0.3, 0.4) is 0 Å². The highest BCUT2D eigenvalue weighted by Gasteiger charge is 2.45. The molecule has 1 heterocycles. The molecule has 18 heteroatoms. The first-order valence-corrected chi connectivity index (χ1v) is 29.4. The van der Waals surface area contributed by atoms with Crippen LogP contribution in [-0.2, 0) is 34.8 Å². The SMILES string of the molecule is CO[Si](CC[Si]1(C)OCCCC[Si](C)(CC[Si](C)(C)c2cccc(N(C)C(=O)CC(F)(F)F)c2)O[Si](C)O[Si](C)O1)(OC)OC. The summed E-state index contributed by atoms with van der Waals surface area (Å²) in [5, 5.41) is 1.10. The Morgan fingerprint density at radius 2 is 1.62 bits per heavy atom. The van der Waals surface area contributed by atoms with E-state index in [2.05, 4.69) is 26.2 Å². The standard InChI is InChI=1S/C27H52F3NO8Si6/c1-31(26(32)23-27(28,29)30)24-14-13-15-25(22-24)42(7,8)18-19-43(9)17-12-11-16-36-44(10,39-41(6)37-40(5)38-43)20-21-45(33-2,34-3)35-4/h13-15,22H,11-12,16-21,23H2,1-10H3. The zero-order chi connectivity index (χ0) is 34.1. The lowest BCUT2D eigenvalue weighted by Crippen LogP contribution is -2.51. The third-order valence-electron chi connectivity index (χ3n) is 8.38. The van der Waals surface area contributed by atoms with Gasteiger partial charge in [-0.3, -0.25) is 4.79 Å². The largest absolute Gasteiger partial charge is 0.500 e. The van der Waals surface area contributed by atoms with Gasteiger partial charge < -0.3 is 34.9 Å². The Bertz CT molecular complexity index is 1080. The number of alkyl halides is 3. The van der Waals surface area contributed by atoms with Crippen LogP contribution >= 0.6 is 0 Å². The van der Waals surface area contributed by atoms with Gasteiger partial charge in [-0.25, -0.2) is 0 Å². The van der Waals surface area contributed by atoms with Gasteiger partial charge in [0.15, 0.2) is 8.32 Å². The molecule has 0 spiro atoms. The lowest BCUT2D eigenvalue weighted by atomic mass is 10.2.